The first-order valence-electron chi connectivity index (χ1n) is 5.13. The second-order valence-corrected chi connectivity index (χ2v) is 4.05. The minimum absolute atomic E-state index is 0.122. The van der Waals surface area contributed by atoms with Crippen LogP contribution in [0.3, 0.4) is 0 Å². The van der Waals surface area contributed by atoms with E-state index in [-0.39, 0.29) is 11.7 Å². The minimum Gasteiger partial charge on any atom is -0.457 e. The van der Waals surface area contributed by atoms with E-state index in [1.807, 2.05) is 0 Å². The summed E-state index contributed by atoms with van der Waals surface area (Å²) in [5.41, 5.74) is 5.88. The third-order valence-electron chi connectivity index (χ3n) is 2.28. The van der Waals surface area contributed by atoms with Gasteiger partial charge in [-0.1, -0.05) is 11.6 Å². The highest BCUT2D eigenvalue weighted by Crippen LogP contribution is 2.28. The van der Waals surface area contributed by atoms with E-state index in [1.54, 1.807) is 18.2 Å². The third kappa shape index (κ3) is 2.78. The van der Waals surface area contributed by atoms with Crippen LogP contribution in [0.15, 0.2) is 42.5 Å². The van der Waals surface area contributed by atoms with Crippen LogP contribution in [0.5, 0.6) is 11.5 Å². The standard InChI is InChI=1S/C13H10ClFN2O/c14-8-1-6-11(13(16)17)12(7-8)18-10-4-2-9(15)3-5-10/h1-7H,(H3,16,17). The van der Waals surface area contributed by atoms with Crippen molar-refractivity contribution in [2.75, 3.05) is 0 Å². The Morgan fingerprint density at radius 3 is 2.44 bits per heavy atom. The fourth-order valence-corrected chi connectivity index (χ4v) is 1.59. The summed E-state index contributed by atoms with van der Waals surface area (Å²) in [6.45, 7) is 0. The van der Waals surface area contributed by atoms with E-state index in [9.17, 15) is 4.39 Å². The Kier molecular flexibility index (Phi) is 3.48. The molecule has 0 saturated heterocycles. The molecule has 0 unspecified atom stereocenters. The molecule has 3 N–H and O–H groups in total. The molecule has 0 aliphatic heterocycles. The van der Waals surface area contributed by atoms with Gasteiger partial charge in [-0.15, -0.1) is 0 Å². The Labute approximate surface area is 108 Å². The third-order valence-corrected chi connectivity index (χ3v) is 2.51. The van der Waals surface area contributed by atoms with Crippen molar-refractivity contribution < 1.29 is 9.13 Å². The van der Waals surface area contributed by atoms with E-state index < -0.39 is 0 Å². The molecule has 0 heterocycles. The summed E-state index contributed by atoms with van der Waals surface area (Å²) in [4.78, 5) is 0. The predicted octanol–water partition coefficient (Wildman–Crippen LogP) is 3.56. The molecule has 0 amide bonds. The lowest BCUT2D eigenvalue weighted by Crippen LogP contribution is -2.12. The Morgan fingerprint density at radius 2 is 1.83 bits per heavy atom. The number of nitrogens with two attached hydrogens (primary N) is 1. The van der Waals surface area contributed by atoms with Crippen LogP contribution in [-0.4, -0.2) is 5.84 Å². The minimum atomic E-state index is -0.347. The average molecular weight is 265 g/mol. The largest absolute Gasteiger partial charge is 0.457 e. The van der Waals surface area contributed by atoms with Crippen LogP contribution in [0.2, 0.25) is 5.02 Å². The van der Waals surface area contributed by atoms with E-state index >= 15 is 0 Å². The van der Waals surface area contributed by atoms with E-state index in [1.165, 1.54) is 24.3 Å². The number of benzene rings is 2. The molecule has 0 spiro atoms. The summed E-state index contributed by atoms with van der Waals surface area (Å²) in [7, 11) is 0. The fraction of sp³-hybridized carbons (Fsp3) is 0. The van der Waals surface area contributed by atoms with Crippen LogP contribution in [0.4, 0.5) is 4.39 Å². The maximum Gasteiger partial charge on any atom is 0.139 e. The van der Waals surface area contributed by atoms with Crippen LogP contribution in [0, 0.1) is 11.2 Å². The molecule has 0 atom stereocenters. The molecular weight excluding hydrogens is 255 g/mol. The van der Waals surface area contributed by atoms with Gasteiger partial charge in [0.15, 0.2) is 0 Å². The fourth-order valence-electron chi connectivity index (χ4n) is 1.43. The summed E-state index contributed by atoms with van der Waals surface area (Å²) in [6, 6.07) is 10.3. The zero-order valence-corrected chi connectivity index (χ0v) is 10.0. The molecule has 0 aliphatic rings. The van der Waals surface area contributed by atoms with Crippen molar-refractivity contribution in [2.24, 2.45) is 5.73 Å². The average Bonchev–Trinajstić information content (AvgIpc) is 2.32. The molecule has 2 rings (SSSR count). The quantitative estimate of drug-likeness (QED) is 0.658. The summed E-state index contributed by atoms with van der Waals surface area (Å²) in [5, 5.41) is 7.91. The number of nitrogen functional groups attached to an aromatic ring is 1. The molecule has 3 nitrogen and oxygen atoms in total. The monoisotopic (exact) mass is 264 g/mol. The number of rotatable bonds is 3. The van der Waals surface area contributed by atoms with E-state index in [2.05, 4.69) is 0 Å². The normalized spacial score (nSPS) is 10.1. The number of hydrogen-bond acceptors (Lipinski definition) is 2. The van der Waals surface area contributed by atoms with Crippen LogP contribution >= 0.6 is 11.6 Å². The van der Waals surface area contributed by atoms with Gasteiger partial charge in [0, 0.05) is 11.1 Å². The lowest BCUT2D eigenvalue weighted by Gasteiger charge is -2.10. The first kappa shape index (κ1) is 12.4. The number of halogens is 2. The molecule has 0 bridgehead atoms. The number of hydrogen-bond donors (Lipinski definition) is 2. The summed E-state index contributed by atoms with van der Waals surface area (Å²) in [5.74, 6) is 0.340. The molecule has 2 aromatic rings. The van der Waals surface area contributed by atoms with Gasteiger partial charge in [-0.3, -0.25) is 5.41 Å². The number of amidine groups is 1. The van der Waals surface area contributed by atoms with Gasteiger partial charge < -0.3 is 10.5 Å². The number of ether oxygens (including phenoxy) is 1. The van der Waals surface area contributed by atoms with Gasteiger partial charge in [0.05, 0.1) is 5.56 Å². The SMILES string of the molecule is N=C(N)c1ccc(Cl)cc1Oc1ccc(F)cc1. The van der Waals surface area contributed by atoms with Crippen molar-refractivity contribution in [3.8, 4) is 11.5 Å². The molecule has 0 aliphatic carbocycles. The van der Waals surface area contributed by atoms with Crippen molar-refractivity contribution in [2.45, 2.75) is 0 Å². The zero-order chi connectivity index (χ0) is 13.1. The second-order valence-electron chi connectivity index (χ2n) is 3.61. The van der Waals surface area contributed by atoms with Crippen molar-refractivity contribution in [1.29, 1.82) is 5.41 Å². The van der Waals surface area contributed by atoms with Crippen molar-refractivity contribution in [3.05, 3.63) is 58.9 Å². The second kappa shape index (κ2) is 5.06. The van der Waals surface area contributed by atoms with Gasteiger partial charge in [-0.05, 0) is 36.4 Å². The van der Waals surface area contributed by atoms with Crippen LogP contribution in [-0.2, 0) is 0 Å². The van der Waals surface area contributed by atoms with Gasteiger partial charge >= 0.3 is 0 Å². The molecule has 0 saturated carbocycles. The highest BCUT2D eigenvalue weighted by atomic mass is 35.5. The van der Waals surface area contributed by atoms with Crippen LogP contribution < -0.4 is 10.5 Å². The summed E-state index contributed by atoms with van der Waals surface area (Å²) >= 11 is 5.86. The van der Waals surface area contributed by atoms with Gasteiger partial charge in [0.2, 0.25) is 0 Å². The summed E-state index contributed by atoms with van der Waals surface area (Å²) in [6.07, 6.45) is 0. The molecule has 0 fully saturated rings. The maximum atomic E-state index is 12.8. The smallest absolute Gasteiger partial charge is 0.139 e. The molecule has 92 valence electrons. The van der Waals surface area contributed by atoms with E-state index in [4.69, 9.17) is 27.5 Å². The molecule has 18 heavy (non-hydrogen) atoms. The highest BCUT2D eigenvalue weighted by molar-refractivity contribution is 6.30. The van der Waals surface area contributed by atoms with Crippen LogP contribution in [0.25, 0.3) is 0 Å². The molecule has 0 radical (unpaired) electrons. The molecule has 0 aromatic heterocycles. The Morgan fingerprint density at radius 1 is 1.17 bits per heavy atom. The van der Waals surface area contributed by atoms with E-state index in [0.29, 0.717) is 22.1 Å². The number of nitrogens with one attached hydrogen (secondary N) is 1. The van der Waals surface area contributed by atoms with E-state index in [0.717, 1.165) is 0 Å². The topological polar surface area (TPSA) is 59.1 Å². The molecule has 5 heteroatoms. The van der Waals surface area contributed by atoms with Gasteiger partial charge in [0.1, 0.15) is 23.2 Å². The maximum absolute atomic E-state index is 12.8. The van der Waals surface area contributed by atoms with Crippen molar-refractivity contribution in [1.82, 2.24) is 0 Å². The van der Waals surface area contributed by atoms with Crippen molar-refractivity contribution in [3.63, 3.8) is 0 Å². The lowest BCUT2D eigenvalue weighted by atomic mass is 10.2. The highest BCUT2D eigenvalue weighted by Gasteiger charge is 2.08. The van der Waals surface area contributed by atoms with Gasteiger partial charge in [-0.25, -0.2) is 4.39 Å². The first-order chi connectivity index (χ1) is 8.56. The Bertz CT molecular complexity index is 584. The van der Waals surface area contributed by atoms with Gasteiger partial charge in [0.25, 0.3) is 0 Å². The van der Waals surface area contributed by atoms with Crippen LogP contribution in [0.1, 0.15) is 5.56 Å². The molecular formula is C13H10ClFN2O. The Balaban J connectivity index is 2.35. The van der Waals surface area contributed by atoms with Gasteiger partial charge in [-0.2, -0.15) is 0 Å². The molecule has 2 aromatic carbocycles. The zero-order valence-electron chi connectivity index (χ0n) is 9.28. The lowest BCUT2D eigenvalue weighted by molar-refractivity contribution is 0.479. The Hall–Kier alpha value is -2.07. The summed E-state index contributed by atoms with van der Waals surface area (Å²) < 4.78 is 18.3. The predicted molar refractivity (Wildman–Crippen MR) is 68.9 cm³/mol. The van der Waals surface area contributed by atoms with Crippen molar-refractivity contribution >= 4 is 17.4 Å². The first-order valence-corrected chi connectivity index (χ1v) is 5.51.